The average molecular weight is 811 g/mol. The molecule has 0 bridgehead atoms. The van der Waals surface area contributed by atoms with Gasteiger partial charge < -0.3 is 45.8 Å². The van der Waals surface area contributed by atoms with Crippen molar-refractivity contribution in [2.24, 2.45) is 5.41 Å². The molecule has 0 saturated carbocycles. The van der Waals surface area contributed by atoms with E-state index in [4.69, 9.17) is 0 Å². The molecule has 0 saturated heterocycles. The summed E-state index contributed by atoms with van der Waals surface area (Å²) in [7, 11) is 0. The van der Waals surface area contributed by atoms with Gasteiger partial charge in [-0.3, -0.25) is 9.59 Å². The van der Waals surface area contributed by atoms with E-state index in [2.05, 4.69) is 0 Å². The lowest BCUT2D eigenvalue weighted by Gasteiger charge is -2.50. The highest BCUT2D eigenvalue weighted by molar-refractivity contribution is 14.1. The highest BCUT2D eigenvalue weighted by Crippen LogP contribution is 2.63. The maximum atomic E-state index is 12.9. The molecule has 4 atom stereocenters. The van der Waals surface area contributed by atoms with Crippen LogP contribution in [0.1, 0.15) is 12.8 Å². The summed E-state index contributed by atoms with van der Waals surface area (Å²) in [6.07, 6.45) is -4.43. The Labute approximate surface area is 229 Å². The molecule has 0 aromatic heterocycles. The number of carbonyl (C=O) groups is 3. The monoisotopic (exact) mass is 811 g/mol. The molecule has 33 heavy (non-hydrogen) atoms. The largest absolute Gasteiger partial charge is 0.481 e. The van der Waals surface area contributed by atoms with E-state index in [1.54, 1.807) is 67.8 Å². The molecule has 188 valence electrons. The number of aliphatic hydroxyl groups excluding tert-OH is 6. The number of nitrogens with zero attached hydrogens (tertiary/aromatic N) is 1. The number of aliphatic hydroxyl groups is 6. The minimum Gasteiger partial charge on any atom is -0.481 e. The van der Waals surface area contributed by atoms with Gasteiger partial charge in [0.25, 0.3) is 5.91 Å². The van der Waals surface area contributed by atoms with Gasteiger partial charge in [0.1, 0.15) is 12.0 Å². The van der Waals surface area contributed by atoms with Crippen molar-refractivity contribution in [3.63, 3.8) is 0 Å². The fourth-order valence-corrected chi connectivity index (χ4v) is 9.71. The Morgan fingerprint density at radius 1 is 0.939 bits per heavy atom. The molecule has 0 aromatic rings. The number of carboxylic acids is 2. The highest BCUT2D eigenvalue weighted by atomic mass is 127. The van der Waals surface area contributed by atoms with Crippen molar-refractivity contribution in [2.75, 3.05) is 33.0 Å². The van der Waals surface area contributed by atoms with Crippen molar-refractivity contribution >= 4 is 85.6 Å². The van der Waals surface area contributed by atoms with Gasteiger partial charge in [0.15, 0.2) is 0 Å². The topological polar surface area (TPSA) is 216 Å². The van der Waals surface area contributed by atoms with Crippen LogP contribution in [0.2, 0.25) is 0 Å². The summed E-state index contributed by atoms with van der Waals surface area (Å²) in [5.41, 5.74) is -3.01. The lowest BCUT2D eigenvalue weighted by Crippen LogP contribution is -2.58. The number of alkyl halides is 1. The van der Waals surface area contributed by atoms with Crippen molar-refractivity contribution in [3.05, 3.63) is 18.4 Å². The summed E-state index contributed by atoms with van der Waals surface area (Å²) in [6, 6.07) is 0. The zero-order chi connectivity index (χ0) is 25.7. The van der Waals surface area contributed by atoms with E-state index in [-0.39, 0.29) is 12.9 Å². The number of hydrogen-bond donors (Lipinski definition) is 8. The molecule has 0 aliphatic heterocycles. The van der Waals surface area contributed by atoms with Gasteiger partial charge in [0, 0.05) is 13.7 Å². The number of carboxylic acid groups (broad SMARTS) is 2. The number of rotatable bonds is 12. The van der Waals surface area contributed by atoms with Gasteiger partial charge in [-0.05, 0) is 58.0 Å². The van der Waals surface area contributed by atoms with Crippen LogP contribution in [0.4, 0.5) is 0 Å². The molecule has 1 aliphatic rings. The minimum absolute atomic E-state index is 0.0883. The lowest BCUT2D eigenvalue weighted by atomic mass is 9.63. The van der Waals surface area contributed by atoms with Crippen LogP contribution in [-0.2, 0) is 14.4 Å². The smallest absolute Gasteiger partial charge is 0.334 e. The molecule has 12 nitrogen and oxygen atoms in total. The minimum atomic E-state index is -2.30. The molecule has 1 amide bonds. The molecule has 4 unspecified atom stereocenters. The molecule has 8 N–H and O–H groups in total. The van der Waals surface area contributed by atoms with Crippen molar-refractivity contribution in [3.8, 4) is 0 Å². The average Bonchev–Trinajstić information content (AvgIpc) is 2.74. The van der Waals surface area contributed by atoms with Crippen LogP contribution >= 0.6 is 67.8 Å². The van der Waals surface area contributed by atoms with Gasteiger partial charge in [0.2, 0.25) is 0 Å². The van der Waals surface area contributed by atoms with Crippen LogP contribution in [0.25, 0.3) is 0 Å². The first-order valence-electron chi connectivity index (χ1n) is 9.36. The van der Waals surface area contributed by atoms with Gasteiger partial charge >= 0.3 is 11.9 Å². The van der Waals surface area contributed by atoms with Gasteiger partial charge in [-0.2, -0.15) is 0 Å². The van der Waals surface area contributed by atoms with E-state index < -0.39 is 90.3 Å². The summed E-state index contributed by atoms with van der Waals surface area (Å²) in [6.45, 7) is -3.67. The SMILES string of the molecule is O=C(O)C1=C(I)C(N(CCO)C(=O)CO)=C(I)C(CC(O)CO)(C(=O)O)C1(I)CC(O)CO. The van der Waals surface area contributed by atoms with Crippen LogP contribution in [0.3, 0.4) is 0 Å². The molecule has 1 aliphatic carbocycles. The molecule has 0 heterocycles. The molecular weight excluding hydrogens is 787 g/mol. The summed E-state index contributed by atoms with van der Waals surface area (Å²) in [4.78, 5) is 38.6. The number of allylic oxidation sites excluding steroid dienone is 1. The zero-order valence-electron chi connectivity index (χ0n) is 17.0. The summed E-state index contributed by atoms with van der Waals surface area (Å²) < 4.78 is -2.18. The highest BCUT2D eigenvalue weighted by Gasteiger charge is 2.65. The van der Waals surface area contributed by atoms with E-state index in [0.29, 0.717) is 0 Å². The maximum absolute atomic E-state index is 12.9. The second kappa shape index (κ2) is 12.7. The Morgan fingerprint density at radius 2 is 1.45 bits per heavy atom. The third kappa shape index (κ3) is 5.81. The standard InChI is InChI=1S/C18H24I3NO11/c19-12-11(15(30)31)18(21,4-9(28)6-25)17(16(32)33,3-8(27)5-24)14(20)13(12)22(1-2-23)10(29)7-26/h8-9,23-28H,1-7H2,(H,30,31)(H,32,33). The van der Waals surface area contributed by atoms with Crippen molar-refractivity contribution in [1.82, 2.24) is 4.90 Å². The van der Waals surface area contributed by atoms with Crippen LogP contribution in [0.5, 0.6) is 0 Å². The predicted octanol–water partition coefficient (Wildman–Crippen LogP) is -1.04. The quantitative estimate of drug-likeness (QED) is 0.0881. The van der Waals surface area contributed by atoms with Crippen molar-refractivity contribution in [1.29, 1.82) is 0 Å². The van der Waals surface area contributed by atoms with Crippen LogP contribution in [0, 0.1) is 5.41 Å². The van der Waals surface area contributed by atoms with Crippen LogP contribution < -0.4 is 0 Å². The summed E-state index contributed by atoms with van der Waals surface area (Å²) >= 11 is 4.78. The Morgan fingerprint density at radius 3 is 1.85 bits per heavy atom. The molecule has 0 aromatic carbocycles. The second-order valence-electron chi connectivity index (χ2n) is 7.18. The first kappa shape index (κ1) is 30.9. The Hall–Kier alpha value is -0.160. The van der Waals surface area contributed by atoms with Crippen molar-refractivity contribution in [2.45, 2.75) is 28.5 Å². The summed E-state index contributed by atoms with van der Waals surface area (Å²) in [5, 5.41) is 78.7. The van der Waals surface area contributed by atoms with Gasteiger partial charge in [-0.15, -0.1) is 0 Å². The Bertz CT molecular complexity index is 848. The van der Waals surface area contributed by atoms with E-state index in [9.17, 15) is 55.2 Å². The van der Waals surface area contributed by atoms with E-state index in [0.717, 1.165) is 4.90 Å². The molecule has 0 fully saturated rings. The molecule has 1 rings (SSSR count). The van der Waals surface area contributed by atoms with Crippen LogP contribution in [-0.4, -0.2) is 112 Å². The first-order valence-corrected chi connectivity index (χ1v) is 12.6. The summed E-state index contributed by atoms with van der Waals surface area (Å²) in [5.74, 6) is -4.13. The van der Waals surface area contributed by atoms with Crippen LogP contribution in [0.15, 0.2) is 18.4 Å². The third-order valence-electron chi connectivity index (χ3n) is 5.17. The van der Waals surface area contributed by atoms with Gasteiger partial charge in [0.05, 0.1) is 46.7 Å². The number of carbonyl (C=O) groups excluding carboxylic acids is 1. The van der Waals surface area contributed by atoms with Gasteiger partial charge in [-0.25, -0.2) is 4.79 Å². The Kier molecular flexibility index (Phi) is 11.9. The molecule has 15 heteroatoms. The first-order chi connectivity index (χ1) is 15.3. The molecule has 0 spiro atoms. The number of aliphatic carboxylic acids is 2. The molecular formula is C18H24I3NO11. The van der Waals surface area contributed by atoms with E-state index in [1.807, 2.05) is 0 Å². The van der Waals surface area contributed by atoms with E-state index in [1.165, 1.54) is 0 Å². The fraction of sp³-hybridized carbons (Fsp3) is 0.611. The fourth-order valence-electron chi connectivity index (χ4n) is 3.71. The van der Waals surface area contributed by atoms with Crippen molar-refractivity contribution < 1.29 is 55.2 Å². The zero-order valence-corrected chi connectivity index (χ0v) is 23.5. The third-order valence-corrected chi connectivity index (χ3v) is 9.55. The Balaban J connectivity index is 4.23. The molecule has 0 radical (unpaired) electrons. The maximum Gasteiger partial charge on any atom is 0.334 e. The normalized spacial score (nSPS) is 25.1. The predicted molar refractivity (Wildman–Crippen MR) is 138 cm³/mol. The van der Waals surface area contributed by atoms with E-state index >= 15 is 0 Å². The second-order valence-corrected chi connectivity index (χ2v) is 11.2. The lowest BCUT2D eigenvalue weighted by molar-refractivity contribution is -0.151. The number of halogens is 3. The number of amides is 1. The number of hydrogen-bond acceptors (Lipinski definition) is 9. The van der Waals surface area contributed by atoms with Gasteiger partial charge in [-0.1, -0.05) is 22.6 Å².